The molecule has 3 rings (SSSR count). The summed E-state index contributed by atoms with van der Waals surface area (Å²) in [6, 6.07) is 9.41. The Morgan fingerprint density at radius 1 is 1.26 bits per heavy atom. The van der Waals surface area contributed by atoms with Crippen molar-refractivity contribution < 1.29 is 18.7 Å². The van der Waals surface area contributed by atoms with Crippen molar-refractivity contribution in [3.05, 3.63) is 54.2 Å². The molecule has 2 aromatic rings. The quantitative estimate of drug-likeness (QED) is 0.368. The Balaban J connectivity index is 2.16. The molecule has 2 heterocycles. The van der Waals surface area contributed by atoms with Crippen LogP contribution in [0.1, 0.15) is 91.0 Å². The lowest BCUT2D eigenvalue weighted by molar-refractivity contribution is -0.162. The molecule has 1 saturated heterocycles. The van der Waals surface area contributed by atoms with E-state index in [1.807, 2.05) is 45.9 Å². The normalized spacial score (nSPS) is 23.7. The van der Waals surface area contributed by atoms with Crippen molar-refractivity contribution in [1.82, 2.24) is 15.2 Å². The Kier molecular flexibility index (Phi) is 8.75. The van der Waals surface area contributed by atoms with Crippen molar-refractivity contribution in [2.24, 2.45) is 0 Å². The van der Waals surface area contributed by atoms with Crippen LogP contribution in [0.25, 0.3) is 0 Å². The van der Waals surface area contributed by atoms with Gasteiger partial charge in [-0.25, -0.2) is 4.98 Å². The van der Waals surface area contributed by atoms with E-state index in [9.17, 15) is 9.59 Å². The molecule has 7 heteroatoms. The van der Waals surface area contributed by atoms with Gasteiger partial charge in [-0.05, 0) is 46.1 Å². The van der Waals surface area contributed by atoms with Gasteiger partial charge in [0.1, 0.15) is 17.9 Å². The first kappa shape index (κ1) is 26.9. The minimum absolute atomic E-state index is 0.0982. The molecule has 7 nitrogen and oxygen atoms in total. The number of rotatable bonds is 10. The van der Waals surface area contributed by atoms with Crippen LogP contribution in [0.15, 0.2) is 47.2 Å². The number of unbranched alkanes of at least 4 members (excludes halogenated alkanes) is 2. The predicted octanol–water partition coefficient (Wildman–Crippen LogP) is 5.22. The number of oxazole rings is 1. The molecule has 1 aromatic carbocycles. The molecule has 1 aliphatic rings. The number of benzene rings is 1. The van der Waals surface area contributed by atoms with E-state index in [2.05, 4.69) is 34.3 Å². The van der Waals surface area contributed by atoms with Gasteiger partial charge in [0.15, 0.2) is 5.89 Å². The molecule has 1 aliphatic heterocycles. The monoisotopic (exact) mass is 483 g/mol. The Hall–Kier alpha value is -2.67. The maximum Gasteiger partial charge on any atom is 0.323 e. The molecule has 192 valence electrons. The first-order valence-corrected chi connectivity index (χ1v) is 12.8. The van der Waals surface area contributed by atoms with Gasteiger partial charge in [-0.2, -0.15) is 0 Å². The molecule has 1 N–H and O–H groups in total. The zero-order chi connectivity index (χ0) is 25.6. The second-order valence-electron chi connectivity index (χ2n) is 10.7. The molecule has 0 radical (unpaired) electrons. The number of nitrogens with zero attached hydrogens (tertiary/aromatic N) is 2. The van der Waals surface area contributed by atoms with E-state index in [0.29, 0.717) is 18.9 Å². The number of hydrogen-bond donors (Lipinski definition) is 1. The van der Waals surface area contributed by atoms with Crippen molar-refractivity contribution in [3.8, 4) is 0 Å². The van der Waals surface area contributed by atoms with Crippen LogP contribution in [-0.2, 0) is 20.9 Å². The summed E-state index contributed by atoms with van der Waals surface area (Å²) >= 11 is 0. The van der Waals surface area contributed by atoms with Crippen LogP contribution in [0.5, 0.6) is 0 Å². The molecule has 35 heavy (non-hydrogen) atoms. The summed E-state index contributed by atoms with van der Waals surface area (Å²) in [5.74, 6) is 0.0662. The van der Waals surface area contributed by atoms with Gasteiger partial charge in [-0.1, -0.05) is 56.5 Å². The second kappa shape index (κ2) is 11.4. The first-order valence-electron chi connectivity index (χ1n) is 12.8. The van der Waals surface area contributed by atoms with E-state index < -0.39 is 17.2 Å². The zero-order valence-electron chi connectivity index (χ0n) is 22.0. The molecule has 0 spiro atoms. The fourth-order valence-electron chi connectivity index (χ4n) is 5.57. The molecule has 4 atom stereocenters. The highest BCUT2D eigenvalue weighted by Crippen LogP contribution is 2.51. The minimum Gasteiger partial charge on any atom is -0.459 e. The zero-order valence-corrected chi connectivity index (χ0v) is 22.0. The van der Waals surface area contributed by atoms with Gasteiger partial charge < -0.3 is 14.5 Å². The lowest BCUT2D eigenvalue weighted by Crippen LogP contribution is -2.62. The van der Waals surface area contributed by atoms with Crippen LogP contribution in [0.4, 0.5) is 0 Å². The van der Waals surface area contributed by atoms with E-state index in [1.165, 1.54) is 6.92 Å². The summed E-state index contributed by atoms with van der Waals surface area (Å²) in [6.45, 7) is 12.0. The van der Waals surface area contributed by atoms with Gasteiger partial charge in [-0.15, -0.1) is 0 Å². The maximum atomic E-state index is 13.6. The van der Waals surface area contributed by atoms with Crippen molar-refractivity contribution in [1.29, 1.82) is 0 Å². The summed E-state index contributed by atoms with van der Waals surface area (Å²) in [6.07, 6.45) is 7.63. The van der Waals surface area contributed by atoms with Crippen LogP contribution < -0.4 is 5.32 Å². The third-order valence-electron chi connectivity index (χ3n) is 6.95. The topological polar surface area (TPSA) is 84.7 Å². The molecule has 1 aromatic heterocycles. The highest BCUT2D eigenvalue weighted by atomic mass is 16.6. The molecule has 0 aliphatic carbocycles. The molecular formula is C28H41N3O4. The lowest BCUT2D eigenvalue weighted by Gasteiger charge is -2.47. The highest BCUT2D eigenvalue weighted by molar-refractivity contribution is 5.77. The number of amides is 1. The Labute approximate surface area is 209 Å². The van der Waals surface area contributed by atoms with E-state index in [-0.39, 0.29) is 23.8 Å². The maximum absolute atomic E-state index is 13.6. The summed E-state index contributed by atoms with van der Waals surface area (Å²) < 4.78 is 11.8. The molecule has 0 bridgehead atoms. The van der Waals surface area contributed by atoms with Crippen molar-refractivity contribution in [2.45, 2.75) is 109 Å². The summed E-state index contributed by atoms with van der Waals surface area (Å²) in [7, 11) is 0. The van der Waals surface area contributed by atoms with Gasteiger partial charge >= 0.3 is 5.97 Å². The van der Waals surface area contributed by atoms with Gasteiger partial charge in [0, 0.05) is 19.5 Å². The average molecular weight is 484 g/mol. The first-order chi connectivity index (χ1) is 16.6. The van der Waals surface area contributed by atoms with Crippen LogP contribution in [-0.4, -0.2) is 45.0 Å². The Bertz CT molecular complexity index is 954. The molecule has 1 fully saturated rings. The van der Waals surface area contributed by atoms with Gasteiger partial charge in [0.25, 0.3) is 0 Å². The number of esters is 1. The largest absolute Gasteiger partial charge is 0.459 e. The SMILES string of the molecule is CCCCC[C@]1(C(C)NC(C)=O)[C@H](c2ncco2)C[C@H](C(=O)OC(C)(C)C)N1Cc1ccccc1. The molecule has 0 saturated carbocycles. The summed E-state index contributed by atoms with van der Waals surface area (Å²) in [4.78, 5) is 32.7. The fourth-order valence-corrected chi connectivity index (χ4v) is 5.57. The highest BCUT2D eigenvalue weighted by Gasteiger charge is 2.60. The fraction of sp³-hybridized carbons (Fsp3) is 0.607. The van der Waals surface area contributed by atoms with Gasteiger partial charge in [-0.3, -0.25) is 14.5 Å². The average Bonchev–Trinajstić information content (AvgIpc) is 3.40. The van der Waals surface area contributed by atoms with E-state index in [4.69, 9.17) is 9.15 Å². The Morgan fingerprint density at radius 3 is 2.54 bits per heavy atom. The number of ether oxygens (including phenoxy) is 1. The van der Waals surface area contributed by atoms with Crippen LogP contribution >= 0.6 is 0 Å². The number of carbonyl (C=O) groups is 2. The number of carbonyl (C=O) groups excluding carboxylic acids is 2. The van der Waals surface area contributed by atoms with E-state index in [0.717, 1.165) is 31.2 Å². The van der Waals surface area contributed by atoms with Gasteiger partial charge in [0.05, 0.1) is 17.7 Å². The Morgan fingerprint density at radius 2 is 1.97 bits per heavy atom. The van der Waals surface area contributed by atoms with Crippen molar-refractivity contribution in [3.63, 3.8) is 0 Å². The molecule has 1 amide bonds. The number of likely N-dealkylation sites (tertiary alicyclic amines) is 1. The third kappa shape index (κ3) is 6.31. The van der Waals surface area contributed by atoms with E-state index >= 15 is 0 Å². The third-order valence-corrected chi connectivity index (χ3v) is 6.95. The van der Waals surface area contributed by atoms with E-state index in [1.54, 1.807) is 12.5 Å². The van der Waals surface area contributed by atoms with Crippen LogP contribution in [0, 0.1) is 0 Å². The summed E-state index contributed by atoms with van der Waals surface area (Å²) in [5, 5.41) is 3.17. The molecular weight excluding hydrogens is 442 g/mol. The van der Waals surface area contributed by atoms with Gasteiger partial charge in [0.2, 0.25) is 5.91 Å². The van der Waals surface area contributed by atoms with Crippen LogP contribution in [0.2, 0.25) is 0 Å². The smallest absolute Gasteiger partial charge is 0.323 e. The summed E-state index contributed by atoms with van der Waals surface area (Å²) in [5.41, 5.74) is -0.0858. The van der Waals surface area contributed by atoms with Crippen molar-refractivity contribution in [2.75, 3.05) is 0 Å². The predicted molar refractivity (Wildman–Crippen MR) is 136 cm³/mol. The number of nitrogens with one attached hydrogen (secondary N) is 1. The molecule has 1 unspecified atom stereocenters. The van der Waals surface area contributed by atoms with Crippen LogP contribution in [0.3, 0.4) is 0 Å². The number of aromatic nitrogens is 1. The standard InChI is InChI=1S/C28H41N3O4/c1-7-8-12-15-28(20(2)30-21(3)32)23(25-29-16-17-34-25)18-24(26(33)35-27(4,5)6)31(28)19-22-13-10-9-11-14-22/h9-11,13-14,16-17,20,23-24H,7-8,12,15,18-19H2,1-6H3,(H,30,32)/t20?,23-,24+,28-/m0/s1. The minimum atomic E-state index is -0.607. The second-order valence-corrected chi connectivity index (χ2v) is 10.7. The number of hydrogen-bond acceptors (Lipinski definition) is 6. The van der Waals surface area contributed by atoms with Crippen molar-refractivity contribution >= 4 is 11.9 Å². The lowest BCUT2D eigenvalue weighted by atomic mass is 9.74.